The lowest BCUT2D eigenvalue weighted by atomic mass is 9.84. The van der Waals surface area contributed by atoms with Gasteiger partial charge in [0.05, 0.1) is 0 Å². The number of alkyl carbamates (subject to hydrolysis) is 1. The Balaban J connectivity index is 1.71. The molecule has 1 aliphatic carbocycles. The van der Waals surface area contributed by atoms with Crippen LogP contribution in [0, 0.1) is 5.92 Å². The third-order valence-corrected chi connectivity index (χ3v) is 6.43. The van der Waals surface area contributed by atoms with Crippen molar-refractivity contribution in [2.45, 2.75) is 38.3 Å². The summed E-state index contributed by atoms with van der Waals surface area (Å²) in [5.74, 6) is -0.283. The van der Waals surface area contributed by atoms with Crippen LogP contribution in [0.1, 0.15) is 31.2 Å². The molecule has 26 heavy (non-hydrogen) atoms. The van der Waals surface area contributed by atoms with Gasteiger partial charge in [-0.15, -0.1) is 0 Å². The minimum absolute atomic E-state index is 0.0148. The molecule has 1 N–H and O–H groups in total. The molecule has 1 aliphatic rings. The molecule has 0 atom stereocenters. The fourth-order valence-corrected chi connectivity index (χ4v) is 4.06. The second-order valence-electron chi connectivity index (χ2n) is 6.36. The number of amides is 1. The third-order valence-electron chi connectivity index (χ3n) is 4.62. The van der Waals surface area contributed by atoms with Crippen LogP contribution in [0.25, 0.3) is 0 Å². The zero-order valence-corrected chi connectivity index (χ0v) is 16.1. The summed E-state index contributed by atoms with van der Waals surface area (Å²) in [5.41, 5.74) is 0.928. The second kappa shape index (κ2) is 9.86. The summed E-state index contributed by atoms with van der Waals surface area (Å²) in [6.07, 6.45) is 1.97. The van der Waals surface area contributed by atoms with Crippen LogP contribution >= 0.6 is 7.60 Å². The number of hydrogen-bond donors (Lipinski definition) is 1. The molecule has 1 saturated carbocycles. The first-order valence-corrected chi connectivity index (χ1v) is 10.4. The van der Waals surface area contributed by atoms with Crippen molar-refractivity contribution in [3.05, 3.63) is 35.9 Å². The molecule has 0 aromatic heterocycles. The van der Waals surface area contributed by atoms with Crippen molar-refractivity contribution in [2.24, 2.45) is 5.92 Å². The van der Waals surface area contributed by atoms with Gasteiger partial charge >= 0.3 is 13.7 Å². The molecule has 0 spiro atoms. The predicted molar refractivity (Wildman–Crippen MR) is 97.0 cm³/mol. The van der Waals surface area contributed by atoms with Crippen LogP contribution < -0.4 is 5.32 Å². The molecule has 144 valence electrons. The van der Waals surface area contributed by atoms with Gasteiger partial charge in [-0.2, -0.15) is 0 Å². The Hall–Kier alpha value is -1.69. The Morgan fingerprint density at radius 3 is 2.27 bits per heavy atom. The Morgan fingerprint density at radius 2 is 1.69 bits per heavy atom. The number of rotatable bonds is 8. The monoisotopic (exact) mass is 383 g/mol. The normalized spacial score (nSPS) is 20.4. The van der Waals surface area contributed by atoms with Gasteiger partial charge in [-0.3, -0.25) is 9.36 Å². The molecule has 0 aliphatic heterocycles. The molecule has 1 amide bonds. The number of nitrogens with one attached hydrogen (secondary N) is 1. The summed E-state index contributed by atoms with van der Waals surface area (Å²) in [5, 5.41) is 2.84. The van der Waals surface area contributed by atoms with Crippen molar-refractivity contribution in [3.8, 4) is 0 Å². The average Bonchev–Trinajstić information content (AvgIpc) is 2.67. The van der Waals surface area contributed by atoms with E-state index in [-0.39, 0.29) is 30.5 Å². The van der Waals surface area contributed by atoms with Crippen LogP contribution in [-0.2, 0) is 29.8 Å². The van der Waals surface area contributed by atoms with Gasteiger partial charge in [-0.05, 0) is 31.2 Å². The standard InChI is InChI=1S/C18H26NO6P/c1-23-26(22,24-2)13-17(20)15-8-10-16(11-9-15)19-18(21)25-12-14-6-4-3-5-7-14/h3-7,15-16H,8-13H2,1-2H3,(H,19,21). The van der Waals surface area contributed by atoms with Gasteiger partial charge in [-0.25, -0.2) is 4.79 Å². The average molecular weight is 383 g/mol. The van der Waals surface area contributed by atoms with Gasteiger partial charge in [0.2, 0.25) is 0 Å². The van der Waals surface area contributed by atoms with Gasteiger partial charge in [-0.1, -0.05) is 30.3 Å². The Morgan fingerprint density at radius 1 is 1.08 bits per heavy atom. The molecule has 8 heteroatoms. The van der Waals surface area contributed by atoms with E-state index in [2.05, 4.69) is 5.32 Å². The number of carbonyl (C=O) groups is 2. The lowest BCUT2D eigenvalue weighted by Crippen LogP contribution is -2.39. The van der Waals surface area contributed by atoms with Crippen molar-refractivity contribution in [3.63, 3.8) is 0 Å². The first kappa shape index (κ1) is 20.6. The van der Waals surface area contributed by atoms with E-state index in [0.717, 1.165) is 5.56 Å². The van der Waals surface area contributed by atoms with Gasteiger partial charge in [0.15, 0.2) is 0 Å². The third kappa shape index (κ3) is 6.24. The molecular weight excluding hydrogens is 357 g/mol. The van der Waals surface area contributed by atoms with Crippen LogP contribution in [0.2, 0.25) is 0 Å². The Labute approximate surface area is 153 Å². The highest BCUT2D eigenvalue weighted by Gasteiger charge is 2.33. The topological polar surface area (TPSA) is 90.9 Å². The fourth-order valence-electron chi connectivity index (χ4n) is 3.01. The molecule has 0 bridgehead atoms. The largest absolute Gasteiger partial charge is 0.445 e. The number of hydrogen-bond acceptors (Lipinski definition) is 6. The lowest BCUT2D eigenvalue weighted by molar-refractivity contribution is -0.121. The van der Waals surface area contributed by atoms with Crippen molar-refractivity contribution in [2.75, 3.05) is 20.4 Å². The quantitative estimate of drug-likeness (QED) is 0.691. The highest BCUT2D eigenvalue weighted by Crippen LogP contribution is 2.47. The summed E-state index contributed by atoms with van der Waals surface area (Å²) in [4.78, 5) is 24.2. The summed E-state index contributed by atoms with van der Waals surface area (Å²) in [6.45, 7) is 0.226. The summed E-state index contributed by atoms with van der Waals surface area (Å²) in [7, 11) is -0.765. The van der Waals surface area contributed by atoms with Crippen molar-refractivity contribution < 1.29 is 27.9 Å². The second-order valence-corrected chi connectivity index (χ2v) is 8.62. The molecule has 0 heterocycles. The van der Waals surface area contributed by atoms with Crippen LogP contribution in [-0.4, -0.2) is 38.3 Å². The maximum atomic E-state index is 12.3. The number of Topliss-reactive ketones (excluding diaryl/α,β-unsaturated/α-hetero) is 1. The molecule has 0 saturated heterocycles. The van der Waals surface area contributed by atoms with Crippen molar-refractivity contribution in [1.82, 2.24) is 5.32 Å². The zero-order valence-electron chi connectivity index (χ0n) is 15.2. The molecular formula is C18H26NO6P. The lowest BCUT2D eigenvalue weighted by Gasteiger charge is -2.28. The number of ketones is 1. The van der Waals surface area contributed by atoms with Gasteiger partial charge < -0.3 is 19.1 Å². The van der Waals surface area contributed by atoms with Crippen molar-refractivity contribution in [1.29, 1.82) is 0 Å². The van der Waals surface area contributed by atoms with Gasteiger partial charge in [0.25, 0.3) is 0 Å². The summed E-state index contributed by atoms with van der Waals surface area (Å²) in [6, 6.07) is 9.45. The molecule has 1 aromatic carbocycles. The van der Waals surface area contributed by atoms with Crippen LogP contribution in [0.5, 0.6) is 0 Å². The van der Waals surface area contributed by atoms with E-state index in [9.17, 15) is 14.2 Å². The molecule has 1 aromatic rings. The minimum atomic E-state index is -3.32. The highest BCUT2D eigenvalue weighted by atomic mass is 31.2. The molecule has 1 fully saturated rings. The minimum Gasteiger partial charge on any atom is -0.445 e. The van der Waals surface area contributed by atoms with Gasteiger partial charge in [0, 0.05) is 26.2 Å². The first-order chi connectivity index (χ1) is 12.5. The molecule has 2 rings (SSSR count). The van der Waals surface area contributed by atoms with Crippen LogP contribution in [0.15, 0.2) is 30.3 Å². The maximum Gasteiger partial charge on any atom is 0.407 e. The fraction of sp³-hybridized carbons (Fsp3) is 0.556. The maximum absolute atomic E-state index is 12.3. The summed E-state index contributed by atoms with van der Waals surface area (Å²) < 4.78 is 26.9. The zero-order chi connectivity index (χ0) is 19.0. The molecule has 0 radical (unpaired) electrons. The van der Waals surface area contributed by atoms with E-state index >= 15 is 0 Å². The number of carbonyl (C=O) groups excluding carboxylic acids is 2. The Bertz CT molecular complexity index is 634. The molecule has 7 nitrogen and oxygen atoms in total. The number of ether oxygens (including phenoxy) is 1. The number of benzene rings is 1. The molecule has 0 unspecified atom stereocenters. The predicted octanol–water partition coefficient (Wildman–Crippen LogP) is 3.53. The SMILES string of the molecule is COP(=O)(CC(=O)C1CCC(NC(=O)OCc2ccccc2)CC1)OC. The van der Waals surface area contributed by atoms with Gasteiger partial charge in [0.1, 0.15) is 18.6 Å². The Kier molecular flexibility index (Phi) is 7.82. The highest BCUT2D eigenvalue weighted by molar-refractivity contribution is 7.54. The smallest absolute Gasteiger partial charge is 0.407 e. The van der Waals surface area contributed by atoms with E-state index < -0.39 is 13.7 Å². The first-order valence-electron chi connectivity index (χ1n) is 8.66. The summed E-state index contributed by atoms with van der Waals surface area (Å²) >= 11 is 0. The van der Waals surface area contributed by atoms with E-state index in [0.29, 0.717) is 25.7 Å². The van der Waals surface area contributed by atoms with E-state index in [1.54, 1.807) is 0 Å². The van der Waals surface area contributed by atoms with E-state index in [4.69, 9.17) is 13.8 Å². The van der Waals surface area contributed by atoms with Crippen molar-refractivity contribution >= 4 is 19.5 Å². The van der Waals surface area contributed by atoms with E-state index in [1.807, 2.05) is 30.3 Å². The van der Waals surface area contributed by atoms with Crippen LogP contribution in [0.3, 0.4) is 0 Å². The van der Waals surface area contributed by atoms with E-state index in [1.165, 1.54) is 14.2 Å². The van der Waals surface area contributed by atoms with Crippen LogP contribution in [0.4, 0.5) is 4.79 Å².